The summed E-state index contributed by atoms with van der Waals surface area (Å²) in [6.07, 6.45) is 0. The molecule has 0 aliphatic carbocycles. The fourth-order valence-corrected chi connectivity index (χ4v) is 6.43. The number of amides is 1. The molecular formula is C29H28FN3O6S2. The Hall–Kier alpha value is -4.42. The number of carbonyl (C=O) groups excluding carboxylic acids is 1. The molecule has 0 aromatic heterocycles. The molecule has 4 rings (SSSR count). The fourth-order valence-electron chi connectivity index (χ4n) is 3.94. The van der Waals surface area contributed by atoms with Crippen LogP contribution in [0.1, 0.15) is 11.1 Å². The molecule has 0 saturated heterocycles. The maximum Gasteiger partial charge on any atom is 0.264 e. The zero-order valence-corrected chi connectivity index (χ0v) is 24.1. The third kappa shape index (κ3) is 6.84. The molecule has 0 spiro atoms. The topological polar surface area (TPSA) is 122 Å². The number of hydrogen-bond donors (Lipinski definition) is 2. The van der Waals surface area contributed by atoms with Crippen LogP contribution in [0.4, 0.5) is 21.5 Å². The Balaban J connectivity index is 1.54. The predicted octanol–water partition coefficient (Wildman–Crippen LogP) is 5.09. The lowest BCUT2D eigenvalue weighted by Crippen LogP contribution is -2.38. The minimum absolute atomic E-state index is 0.0750. The fraction of sp³-hybridized carbons (Fsp3) is 0.138. The number of ether oxygens (including phenoxy) is 1. The number of anilines is 3. The second-order valence-corrected chi connectivity index (χ2v) is 12.7. The highest BCUT2D eigenvalue weighted by atomic mass is 32.2. The van der Waals surface area contributed by atoms with E-state index in [1.54, 1.807) is 37.3 Å². The molecule has 0 bridgehead atoms. The molecule has 2 N–H and O–H groups in total. The van der Waals surface area contributed by atoms with E-state index in [9.17, 15) is 26.0 Å². The lowest BCUT2D eigenvalue weighted by atomic mass is 10.2. The Bertz CT molecular complexity index is 1780. The highest BCUT2D eigenvalue weighted by Gasteiger charge is 2.29. The van der Waals surface area contributed by atoms with Crippen LogP contribution in [-0.4, -0.2) is 36.4 Å². The van der Waals surface area contributed by atoms with Crippen molar-refractivity contribution in [2.45, 2.75) is 23.6 Å². The molecule has 0 atom stereocenters. The van der Waals surface area contributed by atoms with Crippen LogP contribution < -0.4 is 19.1 Å². The van der Waals surface area contributed by atoms with Crippen LogP contribution in [0.3, 0.4) is 0 Å². The van der Waals surface area contributed by atoms with E-state index in [2.05, 4.69) is 10.0 Å². The molecule has 9 nitrogen and oxygen atoms in total. The third-order valence-electron chi connectivity index (χ3n) is 6.07. The van der Waals surface area contributed by atoms with Gasteiger partial charge in [-0.15, -0.1) is 0 Å². The first-order valence-electron chi connectivity index (χ1n) is 12.3. The lowest BCUT2D eigenvalue weighted by molar-refractivity contribution is -0.114. The number of halogens is 1. The Morgan fingerprint density at radius 2 is 1.44 bits per heavy atom. The van der Waals surface area contributed by atoms with E-state index in [1.807, 2.05) is 6.92 Å². The first-order chi connectivity index (χ1) is 19.4. The third-order valence-corrected chi connectivity index (χ3v) is 9.22. The van der Waals surface area contributed by atoms with E-state index in [4.69, 9.17) is 4.74 Å². The van der Waals surface area contributed by atoms with E-state index in [1.165, 1.54) is 61.7 Å². The normalized spacial score (nSPS) is 11.5. The minimum Gasteiger partial charge on any atom is -0.495 e. The van der Waals surface area contributed by atoms with Gasteiger partial charge in [0.25, 0.3) is 20.0 Å². The number of rotatable bonds is 10. The Morgan fingerprint density at radius 3 is 2.07 bits per heavy atom. The minimum atomic E-state index is -4.31. The van der Waals surface area contributed by atoms with Crippen molar-refractivity contribution in [2.75, 3.05) is 28.0 Å². The Kier molecular flexibility index (Phi) is 8.64. The number of carbonyl (C=O) groups is 1. The van der Waals surface area contributed by atoms with Gasteiger partial charge in [0, 0.05) is 5.69 Å². The molecule has 214 valence electrons. The van der Waals surface area contributed by atoms with Crippen molar-refractivity contribution in [3.8, 4) is 5.75 Å². The lowest BCUT2D eigenvalue weighted by Gasteiger charge is -2.24. The van der Waals surface area contributed by atoms with Gasteiger partial charge in [0.1, 0.15) is 18.1 Å². The van der Waals surface area contributed by atoms with E-state index >= 15 is 0 Å². The van der Waals surface area contributed by atoms with Crippen LogP contribution in [0.5, 0.6) is 5.75 Å². The summed E-state index contributed by atoms with van der Waals surface area (Å²) in [6.45, 7) is 2.88. The smallest absolute Gasteiger partial charge is 0.264 e. The standard InChI is InChI=1S/C29H28FN3O6S2/c1-20-8-13-24(14-9-20)41(37,38)33(27-7-5-4-6-25(27)30)19-29(34)31-22-11-15-23(16-12-22)40(35,36)32-26-18-21(2)10-17-28(26)39-3/h4-18,32H,19H2,1-3H3,(H,31,34). The van der Waals surface area contributed by atoms with Gasteiger partial charge in [0.2, 0.25) is 5.91 Å². The average Bonchev–Trinajstić information content (AvgIpc) is 2.92. The highest BCUT2D eigenvalue weighted by Crippen LogP contribution is 2.29. The average molecular weight is 598 g/mol. The van der Waals surface area contributed by atoms with Crippen molar-refractivity contribution in [3.05, 3.63) is 108 Å². The van der Waals surface area contributed by atoms with Gasteiger partial charge in [-0.1, -0.05) is 35.9 Å². The molecule has 0 unspecified atom stereocenters. The number of para-hydroxylation sites is 1. The van der Waals surface area contributed by atoms with Crippen molar-refractivity contribution < 1.29 is 30.8 Å². The molecule has 0 radical (unpaired) electrons. The van der Waals surface area contributed by atoms with E-state index in [0.29, 0.717) is 10.1 Å². The number of hydrogen-bond acceptors (Lipinski definition) is 6. The number of benzene rings is 4. The largest absolute Gasteiger partial charge is 0.495 e. The van der Waals surface area contributed by atoms with Gasteiger partial charge in [-0.25, -0.2) is 21.2 Å². The van der Waals surface area contributed by atoms with E-state index < -0.39 is 38.3 Å². The van der Waals surface area contributed by atoms with E-state index in [0.717, 1.165) is 17.2 Å². The highest BCUT2D eigenvalue weighted by molar-refractivity contribution is 7.93. The summed E-state index contributed by atoms with van der Waals surface area (Å²) in [6, 6.07) is 21.6. The quantitative estimate of drug-likeness (QED) is 0.263. The summed E-state index contributed by atoms with van der Waals surface area (Å²) >= 11 is 0. The van der Waals surface area contributed by atoms with Gasteiger partial charge >= 0.3 is 0 Å². The monoisotopic (exact) mass is 597 g/mol. The maximum absolute atomic E-state index is 14.7. The van der Waals surface area contributed by atoms with Gasteiger partial charge in [-0.2, -0.15) is 0 Å². The van der Waals surface area contributed by atoms with Crippen molar-refractivity contribution in [1.29, 1.82) is 0 Å². The first kappa shape index (κ1) is 29.6. The summed E-state index contributed by atoms with van der Waals surface area (Å²) in [7, 11) is -6.87. The Morgan fingerprint density at radius 1 is 0.829 bits per heavy atom. The zero-order valence-electron chi connectivity index (χ0n) is 22.5. The van der Waals surface area contributed by atoms with Crippen LogP contribution in [0.15, 0.2) is 101 Å². The number of nitrogens with zero attached hydrogens (tertiary/aromatic N) is 1. The molecule has 0 aliphatic rings. The molecule has 12 heteroatoms. The SMILES string of the molecule is COc1ccc(C)cc1NS(=O)(=O)c1ccc(NC(=O)CN(c2ccccc2F)S(=O)(=O)c2ccc(C)cc2)cc1. The molecule has 4 aromatic rings. The Labute approximate surface area is 238 Å². The molecule has 1 amide bonds. The van der Waals surface area contributed by atoms with Crippen molar-refractivity contribution in [3.63, 3.8) is 0 Å². The number of nitrogens with one attached hydrogen (secondary N) is 2. The number of methoxy groups -OCH3 is 1. The first-order valence-corrected chi connectivity index (χ1v) is 15.2. The molecule has 4 aromatic carbocycles. The van der Waals surface area contributed by atoms with Crippen LogP contribution in [0, 0.1) is 19.7 Å². The molecule has 0 aliphatic heterocycles. The molecule has 41 heavy (non-hydrogen) atoms. The van der Waals surface area contributed by atoms with Crippen LogP contribution >= 0.6 is 0 Å². The summed E-state index contributed by atoms with van der Waals surface area (Å²) in [5.41, 5.74) is 1.85. The van der Waals surface area contributed by atoms with Gasteiger partial charge in [-0.3, -0.25) is 13.8 Å². The van der Waals surface area contributed by atoms with Crippen molar-refractivity contribution >= 4 is 43.0 Å². The predicted molar refractivity (Wildman–Crippen MR) is 156 cm³/mol. The molecular weight excluding hydrogens is 569 g/mol. The molecule has 0 fully saturated rings. The van der Waals surface area contributed by atoms with Crippen molar-refractivity contribution in [2.24, 2.45) is 0 Å². The summed E-state index contributed by atoms with van der Waals surface area (Å²) < 4.78 is 75.9. The number of aryl methyl sites for hydroxylation is 2. The maximum atomic E-state index is 14.7. The molecule has 0 saturated carbocycles. The van der Waals surface area contributed by atoms with Gasteiger partial charge in [-0.05, 0) is 80.1 Å². The zero-order chi connectivity index (χ0) is 29.8. The number of sulfonamides is 2. The molecule has 0 heterocycles. The summed E-state index contributed by atoms with van der Waals surface area (Å²) in [5, 5.41) is 2.55. The van der Waals surface area contributed by atoms with Crippen LogP contribution in [0.2, 0.25) is 0 Å². The second-order valence-electron chi connectivity index (χ2n) is 9.16. The van der Waals surface area contributed by atoms with Crippen LogP contribution in [-0.2, 0) is 24.8 Å². The summed E-state index contributed by atoms with van der Waals surface area (Å²) in [4.78, 5) is 12.8. The van der Waals surface area contributed by atoms with Gasteiger partial charge < -0.3 is 10.1 Å². The van der Waals surface area contributed by atoms with Gasteiger partial charge in [0.05, 0.1) is 28.3 Å². The van der Waals surface area contributed by atoms with Crippen LogP contribution in [0.25, 0.3) is 0 Å². The van der Waals surface area contributed by atoms with E-state index in [-0.39, 0.29) is 26.9 Å². The van der Waals surface area contributed by atoms with Gasteiger partial charge in [0.15, 0.2) is 0 Å². The summed E-state index contributed by atoms with van der Waals surface area (Å²) in [5.74, 6) is -1.23. The second kappa shape index (κ2) is 12.0. The van der Waals surface area contributed by atoms with Crippen molar-refractivity contribution in [1.82, 2.24) is 0 Å².